The van der Waals surface area contributed by atoms with Crippen LogP contribution in [0.1, 0.15) is 45.7 Å². The maximum atomic E-state index is 12.2. The molecule has 0 aliphatic carbocycles. The van der Waals surface area contributed by atoms with Crippen LogP contribution in [0, 0.1) is 5.92 Å². The van der Waals surface area contributed by atoms with Crippen molar-refractivity contribution in [2.24, 2.45) is 11.0 Å². The Labute approximate surface area is 213 Å². The molecule has 0 aliphatic rings. The lowest BCUT2D eigenvalue weighted by Crippen LogP contribution is -2.17. The first-order valence-corrected chi connectivity index (χ1v) is 11.8. The quantitative estimate of drug-likeness (QED) is 0.206. The maximum absolute atomic E-state index is 12.2. The third-order valence-corrected chi connectivity index (χ3v) is 5.35. The van der Waals surface area contributed by atoms with Gasteiger partial charge in [0, 0.05) is 15.6 Å². The summed E-state index contributed by atoms with van der Waals surface area (Å²) in [5, 5.41) is 4.05. The van der Waals surface area contributed by atoms with Crippen LogP contribution in [0.5, 0.6) is 11.5 Å². The van der Waals surface area contributed by atoms with Crippen LogP contribution < -0.4 is 14.9 Å². The highest BCUT2D eigenvalue weighted by molar-refractivity contribution is 9.10. The second-order valence-electron chi connectivity index (χ2n) is 8.08. The number of benzene rings is 3. The smallest absolute Gasteiger partial charge is 0.338 e. The molecule has 35 heavy (non-hydrogen) atoms. The zero-order valence-electron chi connectivity index (χ0n) is 19.8. The summed E-state index contributed by atoms with van der Waals surface area (Å²) in [6.07, 6.45) is 1.55. The van der Waals surface area contributed by atoms with E-state index < -0.39 is 0 Å². The van der Waals surface area contributed by atoms with E-state index in [1.54, 1.807) is 61.9 Å². The van der Waals surface area contributed by atoms with Crippen LogP contribution in [0.4, 0.5) is 0 Å². The number of hydrogen-bond donors (Lipinski definition) is 1. The fourth-order valence-corrected chi connectivity index (χ4v) is 3.26. The van der Waals surface area contributed by atoms with Crippen LogP contribution in [0.2, 0.25) is 0 Å². The lowest BCUT2D eigenvalue weighted by atomic mass is 10.1. The summed E-state index contributed by atoms with van der Waals surface area (Å²) in [4.78, 5) is 24.3. The lowest BCUT2D eigenvalue weighted by Gasteiger charge is -2.12. The van der Waals surface area contributed by atoms with Gasteiger partial charge in [0.1, 0.15) is 18.1 Å². The summed E-state index contributed by atoms with van der Waals surface area (Å²) in [5.41, 5.74) is 5.07. The largest absolute Gasteiger partial charge is 0.496 e. The summed E-state index contributed by atoms with van der Waals surface area (Å²) in [7, 11) is 1.59. The Bertz CT molecular complexity index is 1180. The monoisotopic (exact) mass is 538 g/mol. The van der Waals surface area contributed by atoms with E-state index in [-0.39, 0.29) is 24.4 Å². The molecule has 1 N–H and O–H groups in total. The average molecular weight is 539 g/mol. The molecule has 0 radical (unpaired) electrons. The van der Waals surface area contributed by atoms with Crippen molar-refractivity contribution in [2.45, 2.75) is 20.5 Å². The number of methoxy groups -OCH3 is 1. The molecule has 0 aliphatic heterocycles. The first-order valence-electron chi connectivity index (χ1n) is 11.0. The van der Waals surface area contributed by atoms with Crippen LogP contribution in [-0.2, 0) is 11.3 Å². The molecule has 8 heteroatoms. The second-order valence-corrected chi connectivity index (χ2v) is 9.00. The number of hydrazone groups is 1. The van der Waals surface area contributed by atoms with Crippen molar-refractivity contribution in [1.82, 2.24) is 5.43 Å². The molecule has 0 bridgehead atoms. The van der Waals surface area contributed by atoms with E-state index in [1.807, 2.05) is 32.0 Å². The minimum absolute atomic E-state index is 0.243. The standard InChI is InChI=1S/C27H27BrN2O5/c1-18(2)16-35-27(32)21-7-11-24(12-8-21)34-17-22-14-19(4-13-25(22)33-3)15-29-30-26(31)20-5-9-23(28)10-6-20/h4-15,18H,16-17H2,1-3H3,(H,30,31). The van der Waals surface area contributed by atoms with Crippen molar-refractivity contribution in [3.8, 4) is 11.5 Å². The molecule has 0 saturated carbocycles. The Hall–Kier alpha value is -3.65. The lowest BCUT2D eigenvalue weighted by molar-refractivity contribution is 0.0459. The SMILES string of the molecule is COc1ccc(C=NNC(=O)c2ccc(Br)cc2)cc1COc1ccc(C(=O)OCC(C)C)cc1. The van der Waals surface area contributed by atoms with Gasteiger partial charge in [0.25, 0.3) is 5.91 Å². The van der Waals surface area contributed by atoms with E-state index in [2.05, 4.69) is 26.5 Å². The van der Waals surface area contributed by atoms with Crippen LogP contribution in [-0.4, -0.2) is 31.8 Å². The normalized spacial score (nSPS) is 10.9. The van der Waals surface area contributed by atoms with E-state index >= 15 is 0 Å². The molecular formula is C27H27BrN2O5. The Balaban J connectivity index is 1.60. The van der Waals surface area contributed by atoms with Gasteiger partial charge in [0.2, 0.25) is 0 Å². The van der Waals surface area contributed by atoms with Gasteiger partial charge in [-0.25, -0.2) is 10.2 Å². The van der Waals surface area contributed by atoms with Gasteiger partial charge in [-0.05, 0) is 78.2 Å². The molecular weight excluding hydrogens is 512 g/mol. The van der Waals surface area contributed by atoms with Crippen molar-refractivity contribution in [2.75, 3.05) is 13.7 Å². The number of carbonyl (C=O) groups is 2. The predicted octanol–water partition coefficient (Wildman–Crippen LogP) is 5.61. The number of esters is 1. The molecule has 0 aromatic heterocycles. The van der Waals surface area contributed by atoms with Gasteiger partial charge in [-0.1, -0.05) is 29.8 Å². The number of halogens is 1. The van der Waals surface area contributed by atoms with Crippen LogP contribution in [0.3, 0.4) is 0 Å². The van der Waals surface area contributed by atoms with Gasteiger partial charge >= 0.3 is 5.97 Å². The highest BCUT2D eigenvalue weighted by Gasteiger charge is 2.10. The van der Waals surface area contributed by atoms with Gasteiger partial charge in [-0.2, -0.15) is 5.10 Å². The molecule has 182 valence electrons. The molecule has 0 unspecified atom stereocenters. The van der Waals surface area contributed by atoms with E-state index in [0.717, 1.165) is 15.6 Å². The zero-order valence-corrected chi connectivity index (χ0v) is 21.4. The molecule has 0 spiro atoms. The highest BCUT2D eigenvalue weighted by atomic mass is 79.9. The molecule has 0 heterocycles. The summed E-state index contributed by atoms with van der Waals surface area (Å²) >= 11 is 3.34. The van der Waals surface area contributed by atoms with Crippen molar-refractivity contribution in [1.29, 1.82) is 0 Å². The number of ether oxygens (including phenoxy) is 3. The summed E-state index contributed by atoms with van der Waals surface area (Å²) in [5.74, 6) is 0.886. The average Bonchev–Trinajstić information content (AvgIpc) is 2.86. The molecule has 3 rings (SSSR count). The predicted molar refractivity (Wildman–Crippen MR) is 138 cm³/mol. The number of rotatable bonds is 10. The van der Waals surface area contributed by atoms with Crippen LogP contribution in [0.15, 0.2) is 76.3 Å². The first kappa shape index (κ1) is 26.0. The molecule has 0 saturated heterocycles. The van der Waals surface area contributed by atoms with Crippen molar-refractivity contribution in [3.63, 3.8) is 0 Å². The topological polar surface area (TPSA) is 86.2 Å². The van der Waals surface area contributed by atoms with Crippen LogP contribution in [0.25, 0.3) is 0 Å². The molecule has 3 aromatic rings. The minimum atomic E-state index is -0.355. The van der Waals surface area contributed by atoms with E-state index in [4.69, 9.17) is 14.2 Å². The maximum Gasteiger partial charge on any atom is 0.338 e. The van der Waals surface area contributed by atoms with E-state index in [1.165, 1.54) is 0 Å². The Morgan fingerprint density at radius 2 is 1.69 bits per heavy atom. The third-order valence-electron chi connectivity index (χ3n) is 4.82. The first-order chi connectivity index (χ1) is 16.9. The van der Waals surface area contributed by atoms with Gasteiger partial charge in [-0.3, -0.25) is 4.79 Å². The summed E-state index contributed by atoms with van der Waals surface area (Å²) in [6.45, 7) is 4.59. The Morgan fingerprint density at radius 1 is 1.00 bits per heavy atom. The number of nitrogens with one attached hydrogen (secondary N) is 1. The number of nitrogens with zero attached hydrogens (tertiary/aromatic N) is 1. The molecule has 7 nitrogen and oxygen atoms in total. The fraction of sp³-hybridized carbons (Fsp3) is 0.222. The molecule has 0 atom stereocenters. The number of hydrogen-bond acceptors (Lipinski definition) is 6. The van der Waals surface area contributed by atoms with E-state index in [0.29, 0.717) is 29.2 Å². The van der Waals surface area contributed by atoms with Gasteiger partial charge < -0.3 is 14.2 Å². The van der Waals surface area contributed by atoms with Crippen LogP contribution >= 0.6 is 15.9 Å². The minimum Gasteiger partial charge on any atom is -0.496 e. The molecule has 3 aromatic carbocycles. The molecule has 0 fully saturated rings. The number of carbonyl (C=O) groups excluding carboxylic acids is 2. The number of amides is 1. The van der Waals surface area contributed by atoms with Gasteiger partial charge in [-0.15, -0.1) is 0 Å². The van der Waals surface area contributed by atoms with Gasteiger partial charge in [0.05, 0.1) is 25.5 Å². The van der Waals surface area contributed by atoms with Crippen molar-refractivity contribution < 1.29 is 23.8 Å². The summed E-state index contributed by atoms with van der Waals surface area (Å²) in [6, 6.07) is 19.3. The van der Waals surface area contributed by atoms with Crippen molar-refractivity contribution >= 4 is 34.0 Å². The Kier molecular flexibility index (Phi) is 9.43. The second kappa shape index (κ2) is 12.7. The zero-order chi connectivity index (χ0) is 25.2. The molecule has 1 amide bonds. The fourth-order valence-electron chi connectivity index (χ4n) is 3.00. The Morgan fingerprint density at radius 3 is 2.34 bits per heavy atom. The highest BCUT2D eigenvalue weighted by Crippen LogP contribution is 2.22. The van der Waals surface area contributed by atoms with E-state index in [9.17, 15) is 9.59 Å². The summed E-state index contributed by atoms with van der Waals surface area (Å²) < 4.78 is 17.5. The van der Waals surface area contributed by atoms with Gasteiger partial charge in [0.15, 0.2) is 0 Å². The third kappa shape index (κ3) is 7.96. The van der Waals surface area contributed by atoms with Crippen molar-refractivity contribution in [3.05, 3.63) is 93.5 Å².